The largest absolute Gasteiger partial charge is 0.488 e. The topological polar surface area (TPSA) is 55.4 Å². The second-order valence-electron chi connectivity index (χ2n) is 6.60. The third kappa shape index (κ3) is 3.50. The van der Waals surface area contributed by atoms with Crippen LogP contribution in [-0.2, 0) is 16.4 Å². The number of hydrogen-bond donors (Lipinski definition) is 1. The summed E-state index contributed by atoms with van der Waals surface area (Å²) in [4.78, 5) is 0.262. The van der Waals surface area contributed by atoms with Gasteiger partial charge in [-0.3, -0.25) is 4.72 Å². The van der Waals surface area contributed by atoms with Crippen LogP contribution < -0.4 is 9.46 Å². The van der Waals surface area contributed by atoms with Gasteiger partial charge in [-0.15, -0.1) is 0 Å². The van der Waals surface area contributed by atoms with E-state index in [0.29, 0.717) is 5.69 Å². The number of anilines is 1. The number of aryl methyl sites for hydroxylation is 2. The molecule has 0 saturated carbocycles. The number of benzene rings is 2. The zero-order valence-corrected chi connectivity index (χ0v) is 14.4. The zero-order chi connectivity index (χ0) is 16.7. The summed E-state index contributed by atoms with van der Waals surface area (Å²) in [5.41, 5.74) is 2.45. The first-order valence-electron chi connectivity index (χ1n) is 7.67. The normalized spacial score (nSPS) is 16.3. The Kier molecular flexibility index (Phi) is 3.84. The van der Waals surface area contributed by atoms with E-state index in [1.165, 1.54) is 0 Å². The van der Waals surface area contributed by atoms with Gasteiger partial charge in [0.05, 0.1) is 4.90 Å². The Morgan fingerprint density at radius 3 is 2.48 bits per heavy atom. The smallest absolute Gasteiger partial charge is 0.261 e. The highest BCUT2D eigenvalue weighted by atomic mass is 32.2. The maximum atomic E-state index is 12.4. The molecule has 0 unspecified atom stereocenters. The average Bonchev–Trinajstić information content (AvgIpc) is 2.47. The molecule has 1 heterocycles. The van der Waals surface area contributed by atoms with Crippen molar-refractivity contribution in [1.29, 1.82) is 0 Å². The quantitative estimate of drug-likeness (QED) is 0.928. The third-order valence-corrected chi connectivity index (χ3v) is 5.42. The number of hydrogen-bond acceptors (Lipinski definition) is 3. The summed E-state index contributed by atoms with van der Waals surface area (Å²) in [5.74, 6) is 0.833. The lowest BCUT2D eigenvalue weighted by atomic mass is 9.94. The summed E-state index contributed by atoms with van der Waals surface area (Å²) in [7, 11) is -3.57. The Balaban J connectivity index is 1.85. The van der Waals surface area contributed by atoms with Gasteiger partial charge in [-0.05, 0) is 69.5 Å². The number of rotatable bonds is 3. The van der Waals surface area contributed by atoms with Crippen LogP contribution >= 0.6 is 0 Å². The van der Waals surface area contributed by atoms with E-state index in [0.717, 1.165) is 29.7 Å². The molecular weight excluding hydrogens is 310 g/mol. The van der Waals surface area contributed by atoms with Gasteiger partial charge in [0.2, 0.25) is 0 Å². The van der Waals surface area contributed by atoms with Crippen molar-refractivity contribution < 1.29 is 13.2 Å². The monoisotopic (exact) mass is 331 g/mol. The molecule has 5 heteroatoms. The van der Waals surface area contributed by atoms with Crippen molar-refractivity contribution in [1.82, 2.24) is 0 Å². The van der Waals surface area contributed by atoms with Gasteiger partial charge in [0.25, 0.3) is 10.0 Å². The Morgan fingerprint density at radius 1 is 1.09 bits per heavy atom. The highest BCUT2D eigenvalue weighted by molar-refractivity contribution is 7.92. The number of sulfonamides is 1. The molecule has 0 saturated heterocycles. The Bertz CT molecular complexity index is 824. The highest BCUT2D eigenvalue weighted by Crippen LogP contribution is 2.34. The van der Waals surface area contributed by atoms with Gasteiger partial charge in [-0.2, -0.15) is 0 Å². The number of fused-ring (bicyclic) bond motifs is 1. The maximum absolute atomic E-state index is 12.4. The van der Waals surface area contributed by atoms with E-state index in [1.54, 1.807) is 30.3 Å². The predicted octanol–water partition coefficient (Wildman–Crippen LogP) is 3.90. The lowest BCUT2D eigenvalue weighted by Crippen LogP contribution is -2.32. The average molecular weight is 331 g/mol. The van der Waals surface area contributed by atoms with Crippen molar-refractivity contribution >= 4 is 15.7 Å². The molecule has 1 aliphatic heterocycles. The van der Waals surface area contributed by atoms with Crippen LogP contribution in [0.4, 0.5) is 5.69 Å². The molecule has 0 fully saturated rings. The van der Waals surface area contributed by atoms with E-state index in [-0.39, 0.29) is 10.5 Å². The maximum Gasteiger partial charge on any atom is 0.261 e. The Morgan fingerprint density at radius 2 is 1.78 bits per heavy atom. The number of ether oxygens (including phenoxy) is 1. The minimum absolute atomic E-state index is 0.171. The molecule has 0 radical (unpaired) electrons. The molecule has 0 amide bonds. The van der Waals surface area contributed by atoms with Crippen molar-refractivity contribution in [3.63, 3.8) is 0 Å². The lowest BCUT2D eigenvalue weighted by molar-refractivity contribution is 0.0847. The Hall–Kier alpha value is -2.01. The minimum atomic E-state index is -3.57. The summed E-state index contributed by atoms with van der Waals surface area (Å²) in [6.45, 7) is 6.04. The van der Waals surface area contributed by atoms with Crippen LogP contribution in [0.3, 0.4) is 0 Å². The molecule has 0 bridgehead atoms. The van der Waals surface area contributed by atoms with Crippen molar-refractivity contribution in [2.24, 2.45) is 0 Å². The van der Waals surface area contributed by atoms with Crippen LogP contribution in [0.2, 0.25) is 0 Å². The molecule has 1 N–H and O–H groups in total. The standard InChI is InChI=1S/C18H21NO3S/c1-13-4-7-16(8-5-13)23(20,21)19-15-6-9-17-14(12-15)10-11-18(2,3)22-17/h4-9,12,19H,10-11H2,1-3H3. The van der Waals surface area contributed by atoms with Gasteiger partial charge in [-0.1, -0.05) is 17.7 Å². The molecular formula is C18H21NO3S. The van der Waals surface area contributed by atoms with Gasteiger partial charge >= 0.3 is 0 Å². The van der Waals surface area contributed by atoms with Gasteiger partial charge in [0.1, 0.15) is 11.4 Å². The minimum Gasteiger partial charge on any atom is -0.488 e. The summed E-state index contributed by atoms with van der Waals surface area (Å²) in [5, 5.41) is 0. The third-order valence-electron chi connectivity index (χ3n) is 4.03. The van der Waals surface area contributed by atoms with E-state index in [4.69, 9.17) is 4.74 Å². The summed E-state index contributed by atoms with van der Waals surface area (Å²) in [6, 6.07) is 12.2. The van der Waals surface area contributed by atoms with Gasteiger partial charge < -0.3 is 4.74 Å². The second-order valence-corrected chi connectivity index (χ2v) is 8.29. The molecule has 4 nitrogen and oxygen atoms in total. The van der Waals surface area contributed by atoms with E-state index >= 15 is 0 Å². The molecule has 0 aromatic heterocycles. The van der Waals surface area contributed by atoms with Crippen LogP contribution in [0, 0.1) is 6.92 Å². The van der Waals surface area contributed by atoms with Crippen molar-refractivity contribution in [3.05, 3.63) is 53.6 Å². The molecule has 0 atom stereocenters. The molecule has 1 aliphatic rings. The van der Waals surface area contributed by atoms with Gasteiger partial charge in [0.15, 0.2) is 0 Å². The zero-order valence-electron chi connectivity index (χ0n) is 13.6. The van der Waals surface area contributed by atoms with Crippen LogP contribution in [0.1, 0.15) is 31.4 Å². The highest BCUT2D eigenvalue weighted by Gasteiger charge is 2.26. The summed E-state index contributed by atoms with van der Waals surface area (Å²) in [6.07, 6.45) is 1.79. The Labute approximate surface area is 137 Å². The fraction of sp³-hybridized carbons (Fsp3) is 0.333. The SMILES string of the molecule is Cc1ccc(S(=O)(=O)Nc2ccc3c(c2)CCC(C)(C)O3)cc1. The number of nitrogens with one attached hydrogen (secondary N) is 1. The van der Waals surface area contributed by atoms with Crippen LogP contribution in [0.15, 0.2) is 47.4 Å². The first-order chi connectivity index (χ1) is 10.8. The lowest BCUT2D eigenvalue weighted by Gasteiger charge is -2.32. The van der Waals surface area contributed by atoms with Crippen LogP contribution in [-0.4, -0.2) is 14.0 Å². The van der Waals surface area contributed by atoms with E-state index < -0.39 is 10.0 Å². The van der Waals surface area contributed by atoms with E-state index in [9.17, 15) is 8.42 Å². The van der Waals surface area contributed by atoms with E-state index in [1.807, 2.05) is 19.1 Å². The van der Waals surface area contributed by atoms with Crippen molar-refractivity contribution in [2.75, 3.05) is 4.72 Å². The van der Waals surface area contributed by atoms with E-state index in [2.05, 4.69) is 18.6 Å². The predicted molar refractivity (Wildman–Crippen MR) is 91.5 cm³/mol. The fourth-order valence-corrected chi connectivity index (χ4v) is 3.70. The van der Waals surface area contributed by atoms with Crippen molar-refractivity contribution in [2.45, 2.75) is 44.1 Å². The second kappa shape index (κ2) is 5.57. The molecule has 2 aromatic rings. The van der Waals surface area contributed by atoms with Gasteiger partial charge in [0, 0.05) is 5.69 Å². The summed E-state index contributed by atoms with van der Waals surface area (Å²) < 4.78 is 33.4. The first-order valence-corrected chi connectivity index (χ1v) is 9.15. The van der Waals surface area contributed by atoms with Crippen molar-refractivity contribution in [3.8, 4) is 5.75 Å². The van der Waals surface area contributed by atoms with Gasteiger partial charge in [-0.25, -0.2) is 8.42 Å². The molecule has 0 aliphatic carbocycles. The molecule has 0 spiro atoms. The summed E-state index contributed by atoms with van der Waals surface area (Å²) >= 11 is 0. The molecule has 3 rings (SSSR count). The van der Waals surface area contributed by atoms with Crippen LogP contribution in [0.25, 0.3) is 0 Å². The molecule has 122 valence electrons. The molecule has 2 aromatic carbocycles. The molecule has 23 heavy (non-hydrogen) atoms. The van der Waals surface area contributed by atoms with Crippen LogP contribution in [0.5, 0.6) is 5.75 Å². The fourth-order valence-electron chi connectivity index (χ4n) is 2.65. The first kappa shape index (κ1) is 15.9.